The fraction of sp³-hybridized carbons (Fsp3) is 0.211. The predicted molar refractivity (Wildman–Crippen MR) is 102 cm³/mol. The molecule has 1 aromatic carbocycles. The van der Waals surface area contributed by atoms with Crippen molar-refractivity contribution in [2.75, 3.05) is 29.6 Å². The van der Waals surface area contributed by atoms with Gasteiger partial charge in [0.1, 0.15) is 5.82 Å². The standard InChI is InChI=1S/C19H22N6/c1-14-12-18(23-15-7-9-17(10-8-15)25(2)3)24-19(22-14)21-13-16-6-4-5-11-20-16/h4-12H,13H2,1-3H3,(H2,21,22,23,24). The maximum absolute atomic E-state index is 4.53. The van der Waals surface area contributed by atoms with Crippen LogP contribution in [-0.2, 0) is 6.54 Å². The van der Waals surface area contributed by atoms with Crippen LogP contribution in [-0.4, -0.2) is 29.0 Å². The second kappa shape index (κ2) is 7.61. The molecule has 2 aromatic heterocycles. The van der Waals surface area contributed by atoms with Gasteiger partial charge >= 0.3 is 0 Å². The molecule has 6 heteroatoms. The third-order valence-corrected chi connectivity index (χ3v) is 3.66. The molecule has 0 amide bonds. The zero-order valence-corrected chi connectivity index (χ0v) is 14.7. The summed E-state index contributed by atoms with van der Waals surface area (Å²) in [5.41, 5.74) is 3.98. The second-order valence-corrected chi connectivity index (χ2v) is 5.96. The summed E-state index contributed by atoms with van der Waals surface area (Å²) in [7, 11) is 4.05. The van der Waals surface area contributed by atoms with Gasteiger partial charge in [0.25, 0.3) is 0 Å². The van der Waals surface area contributed by atoms with Crippen LogP contribution in [0.25, 0.3) is 0 Å². The number of benzene rings is 1. The highest BCUT2D eigenvalue weighted by atomic mass is 15.1. The molecule has 3 aromatic rings. The number of nitrogens with one attached hydrogen (secondary N) is 2. The highest BCUT2D eigenvalue weighted by Gasteiger charge is 2.04. The number of rotatable bonds is 6. The van der Waals surface area contributed by atoms with Gasteiger partial charge in [-0.2, -0.15) is 4.98 Å². The van der Waals surface area contributed by atoms with Crippen LogP contribution >= 0.6 is 0 Å². The van der Waals surface area contributed by atoms with Crippen LogP contribution in [0.4, 0.5) is 23.1 Å². The van der Waals surface area contributed by atoms with E-state index in [4.69, 9.17) is 0 Å². The number of anilines is 4. The summed E-state index contributed by atoms with van der Waals surface area (Å²) in [6.07, 6.45) is 1.78. The summed E-state index contributed by atoms with van der Waals surface area (Å²) in [4.78, 5) is 15.3. The summed E-state index contributed by atoms with van der Waals surface area (Å²) < 4.78 is 0. The Labute approximate surface area is 148 Å². The van der Waals surface area contributed by atoms with Crippen LogP contribution < -0.4 is 15.5 Å². The molecule has 0 aliphatic rings. The van der Waals surface area contributed by atoms with E-state index in [1.807, 2.05) is 57.4 Å². The van der Waals surface area contributed by atoms with Gasteiger partial charge in [-0.05, 0) is 43.3 Å². The van der Waals surface area contributed by atoms with Crippen molar-refractivity contribution in [3.05, 3.63) is 66.1 Å². The van der Waals surface area contributed by atoms with Gasteiger partial charge in [-0.25, -0.2) is 4.98 Å². The molecule has 0 unspecified atom stereocenters. The first kappa shape index (κ1) is 16.7. The summed E-state index contributed by atoms with van der Waals surface area (Å²) >= 11 is 0. The van der Waals surface area contributed by atoms with Gasteiger partial charge in [-0.1, -0.05) is 6.07 Å². The maximum Gasteiger partial charge on any atom is 0.225 e. The molecular formula is C19H22N6. The highest BCUT2D eigenvalue weighted by molar-refractivity contribution is 5.61. The summed E-state index contributed by atoms with van der Waals surface area (Å²) in [5.74, 6) is 1.34. The van der Waals surface area contributed by atoms with Gasteiger partial charge in [-0.3, -0.25) is 4.98 Å². The molecular weight excluding hydrogens is 312 g/mol. The van der Waals surface area contributed by atoms with Crippen LogP contribution in [0.1, 0.15) is 11.4 Å². The molecule has 0 saturated carbocycles. The van der Waals surface area contributed by atoms with Crippen molar-refractivity contribution in [1.82, 2.24) is 15.0 Å². The quantitative estimate of drug-likeness (QED) is 0.718. The average Bonchev–Trinajstić information content (AvgIpc) is 2.61. The van der Waals surface area contributed by atoms with Gasteiger partial charge in [0.15, 0.2) is 0 Å². The molecule has 3 rings (SSSR count). The Morgan fingerprint density at radius 1 is 1.00 bits per heavy atom. The molecule has 2 heterocycles. The van der Waals surface area contributed by atoms with Gasteiger partial charge in [0.2, 0.25) is 5.95 Å². The normalized spacial score (nSPS) is 10.4. The molecule has 0 saturated heterocycles. The lowest BCUT2D eigenvalue weighted by molar-refractivity contribution is 0.991. The Hall–Kier alpha value is -3.15. The SMILES string of the molecule is Cc1cc(Nc2ccc(N(C)C)cc2)nc(NCc2ccccn2)n1. The van der Waals surface area contributed by atoms with E-state index < -0.39 is 0 Å². The van der Waals surface area contributed by atoms with Crippen molar-refractivity contribution in [3.8, 4) is 0 Å². The van der Waals surface area contributed by atoms with Crippen LogP contribution in [0.15, 0.2) is 54.7 Å². The Morgan fingerprint density at radius 2 is 1.80 bits per heavy atom. The van der Waals surface area contributed by atoms with E-state index >= 15 is 0 Å². The van der Waals surface area contributed by atoms with Crippen molar-refractivity contribution in [1.29, 1.82) is 0 Å². The van der Waals surface area contributed by atoms with E-state index in [2.05, 4.69) is 42.6 Å². The lowest BCUT2D eigenvalue weighted by Crippen LogP contribution is -2.08. The Morgan fingerprint density at radius 3 is 2.48 bits per heavy atom. The number of hydrogen-bond donors (Lipinski definition) is 2. The molecule has 0 spiro atoms. The largest absolute Gasteiger partial charge is 0.378 e. The summed E-state index contributed by atoms with van der Waals surface area (Å²) in [6.45, 7) is 2.54. The van der Waals surface area contributed by atoms with Crippen molar-refractivity contribution in [2.24, 2.45) is 0 Å². The van der Waals surface area contributed by atoms with Crippen molar-refractivity contribution < 1.29 is 0 Å². The van der Waals surface area contributed by atoms with Gasteiger partial charge < -0.3 is 15.5 Å². The predicted octanol–water partition coefficient (Wildman–Crippen LogP) is 3.60. The minimum Gasteiger partial charge on any atom is -0.378 e. The third kappa shape index (κ3) is 4.67. The average molecular weight is 334 g/mol. The van der Waals surface area contributed by atoms with Crippen LogP contribution in [0.5, 0.6) is 0 Å². The highest BCUT2D eigenvalue weighted by Crippen LogP contribution is 2.20. The van der Waals surface area contributed by atoms with E-state index in [1.165, 1.54) is 0 Å². The van der Waals surface area contributed by atoms with E-state index in [1.54, 1.807) is 6.20 Å². The molecule has 25 heavy (non-hydrogen) atoms. The molecule has 0 aliphatic carbocycles. The summed E-state index contributed by atoms with van der Waals surface area (Å²) in [5, 5.41) is 6.54. The third-order valence-electron chi connectivity index (χ3n) is 3.66. The first-order chi connectivity index (χ1) is 12.1. The number of nitrogens with zero attached hydrogens (tertiary/aromatic N) is 4. The maximum atomic E-state index is 4.53. The van der Waals surface area contributed by atoms with Crippen molar-refractivity contribution >= 4 is 23.1 Å². The van der Waals surface area contributed by atoms with E-state index in [-0.39, 0.29) is 0 Å². The lowest BCUT2D eigenvalue weighted by atomic mass is 10.2. The first-order valence-electron chi connectivity index (χ1n) is 8.14. The number of aromatic nitrogens is 3. The number of hydrogen-bond acceptors (Lipinski definition) is 6. The molecule has 128 valence electrons. The number of aryl methyl sites for hydroxylation is 1. The lowest BCUT2D eigenvalue weighted by Gasteiger charge is -2.13. The molecule has 2 N–H and O–H groups in total. The van der Waals surface area contributed by atoms with Gasteiger partial charge in [0, 0.05) is 43.4 Å². The van der Waals surface area contributed by atoms with Crippen LogP contribution in [0, 0.1) is 6.92 Å². The van der Waals surface area contributed by atoms with Gasteiger partial charge in [0.05, 0.1) is 12.2 Å². The van der Waals surface area contributed by atoms with Gasteiger partial charge in [-0.15, -0.1) is 0 Å². The Bertz CT molecular complexity index is 815. The van der Waals surface area contributed by atoms with Crippen LogP contribution in [0.2, 0.25) is 0 Å². The fourth-order valence-corrected chi connectivity index (χ4v) is 2.37. The van der Waals surface area contributed by atoms with E-state index in [9.17, 15) is 0 Å². The molecule has 6 nitrogen and oxygen atoms in total. The first-order valence-corrected chi connectivity index (χ1v) is 8.14. The van der Waals surface area contributed by atoms with Crippen LogP contribution in [0.3, 0.4) is 0 Å². The molecule has 0 radical (unpaired) electrons. The molecule has 0 fully saturated rings. The molecule has 0 atom stereocenters. The summed E-state index contributed by atoms with van der Waals surface area (Å²) in [6, 6.07) is 16.0. The Kier molecular flexibility index (Phi) is 5.09. The van der Waals surface area contributed by atoms with Crippen molar-refractivity contribution in [2.45, 2.75) is 13.5 Å². The zero-order valence-electron chi connectivity index (χ0n) is 14.7. The minimum atomic E-state index is 0.582. The molecule has 0 aliphatic heterocycles. The smallest absolute Gasteiger partial charge is 0.225 e. The fourth-order valence-electron chi connectivity index (χ4n) is 2.37. The minimum absolute atomic E-state index is 0.582. The van der Waals surface area contributed by atoms with E-state index in [0.717, 1.165) is 28.6 Å². The molecule has 0 bridgehead atoms. The second-order valence-electron chi connectivity index (χ2n) is 5.96. The Balaban J connectivity index is 1.70. The topological polar surface area (TPSA) is 66.0 Å². The van der Waals surface area contributed by atoms with E-state index in [0.29, 0.717) is 12.5 Å². The van der Waals surface area contributed by atoms with Crippen molar-refractivity contribution in [3.63, 3.8) is 0 Å². The monoisotopic (exact) mass is 334 g/mol. The number of pyridine rings is 1. The zero-order chi connectivity index (χ0) is 17.6.